The number of amides is 1. The third-order valence-corrected chi connectivity index (χ3v) is 2.18. The van der Waals surface area contributed by atoms with Crippen molar-refractivity contribution in [1.82, 2.24) is 5.01 Å². The summed E-state index contributed by atoms with van der Waals surface area (Å²) in [6.07, 6.45) is 5.97. The summed E-state index contributed by atoms with van der Waals surface area (Å²) >= 11 is 0. The van der Waals surface area contributed by atoms with Gasteiger partial charge in [-0.1, -0.05) is 32.6 Å². The maximum Gasteiger partial charge on any atom is 0.245 e. The Labute approximate surface area is 85.6 Å². The number of carbonyl (C=O) groups excluding carboxylic acids is 1. The summed E-state index contributed by atoms with van der Waals surface area (Å²) in [5.41, 5.74) is 0. The molecule has 1 amide bonds. The Morgan fingerprint density at radius 3 is 2.29 bits per heavy atom. The Kier molecular flexibility index (Phi) is 8.08. The van der Waals surface area contributed by atoms with Gasteiger partial charge in [-0.2, -0.15) is 5.01 Å². The van der Waals surface area contributed by atoms with Crippen molar-refractivity contribution in [2.24, 2.45) is 5.29 Å². The molecule has 0 fully saturated rings. The molecule has 0 saturated carbocycles. The molecule has 82 valence electrons. The van der Waals surface area contributed by atoms with Crippen LogP contribution in [0.5, 0.6) is 0 Å². The summed E-state index contributed by atoms with van der Waals surface area (Å²) in [5.74, 6) is -0.154. The number of nitrogens with zero attached hydrogens (tertiary/aromatic N) is 2. The molecule has 0 rings (SSSR count). The monoisotopic (exact) mass is 200 g/mol. The molecule has 0 heterocycles. The molecule has 0 radical (unpaired) electrons. The second kappa shape index (κ2) is 8.66. The van der Waals surface area contributed by atoms with E-state index in [2.05, 4.69) is 12.2 Å². The lowest BCUT2D eigenvalue weighted by Gasteiger charge is -2.09. The number of rotatable bonds is 8. The van der Waals surface area contributed by atoms with Crippen molar-refractivity contribution in [2.75, 3.05) is 6.54 Å². The minimum absolute atomic E-state index is 0.154. The molecule has 4 heteroatoms. The van der Waals surface area contributed by atoms with Crippen LogP contribution in [0.25, 0.3) is 0 Å². The SMILES string of the molecule is CCCCCCCC(=O)N(CC)N=O. The average Bonchev–Trinajstić information content (AvgIpc) is 2.19. The zero-order chi connectivity index (χ0) is 10.8. The van der Waals surface area contributed by atoms with Crippen molar-refractivity contribution in [3.63, 3.8) is 0 Å². The minimum atomic E-state index is -0.154. The Hall–Kier alpha value is -0.930. The summed E-state index contributed by atoms with van der Waals surface area (Å²) in [7, 11) is 0. The fourth-order valence-corrected chi connectivity index (χ4v) is 1.29. The molecule has 4 nitrogen and oxygen atoms in total. The Morgan fingerprint density at radius 2 is 1.79 bits per heavy atom. The highest BCUT2D eigenvalue weighted by molar-refractivity contribution is 5.75. The minimum Gasteiger partial charge on any atom is -0.273 e. The van der Waals surface area contributed by atoms with Crippen molar-refractivity contribution in [3.8, 4) is 0 Å². The summed E-state index contributed by atoms with van der Waals surface area (Å²) < 4.78 is 0. The Balaban J connectivity index is 3.47. The van der Waals surface area contributed by atoms with Gasteiger partial charge in [-0.05, 0) is 13.3 Å². The highest BCUT2D eigenvalue weighted by Gasteiger charge is 2.10. The van der Waals surface area contributed by atoms with E-state index in [4.69, 9.17) is 0 Å². The van der Waals surface area contributed by atoms with Crippen molar-refractivity contribution in [2.45, 2.75) is 52.4 Å². The molecule has 0 N–H and O–H groups in total. The van der Waals surface area contributed by atoms with Crippen molar-refractivity contribution < 1.29 is 4.79 Å². The molecule has 0 aromatic heterocycles. The lowest BCUT2D eigenvalue weighted by atomic mass is 10.1. The molecule has 0 aliphatic rings. The summed E-state index contributed by atoms with van der Waals surface area (Å²) in [4.78, 5) is 21.4. The van der Waals surface area contributed by atoms with Crippen LogP contribution in [0.3, 0.4) is 0 Å². The number of unbranched alkanes of at least 4 members (excludes halogenated alkanes) is 4. The predicted molar refractivity (Wildman–Crippen MR) is 56.6 cm³/mol. The van der Waals surface area contributed by atoms with E-state index in [-0.39, 0.29) is 5.91 Å². The van der Waals surface area contributed by atoms with Crippen LogP contribution in [0.15, 0.2) is 5.29 Å². The maximum absolute atomic E-state index is 11.3. The summed E-state index contributed by atoms with van der Waals surface area (Å²) in [5, 5.41) is 3.64. The van der Waals surface area contributed by atoms with E-state index < -0.39 is 0 Å². The standard InChI is InChI=1S/C10H20N2O2/c1-3-5-6-7-8-9-10(13)12(4-2)11-14/h3-9H2,1-2H3. The average molecular weight is 200 g/mol. The zero-order valence-corrected chi connectivity index (χ0v) is 9.16. The van der Waals surface area contributed by atoms with Gasteiger partial charge in [0, 0.05) is 13.0 Å². The topological polar surface area (TPSA) is 49.7 Å². The molecular formula is C10H20N2O2. The lowest BCUT2D eigenvalue weighted by Crippen LogP contribution is -2.24. The van der Waals surface area contributed by atoms with Gasteiger partial charge in [0.2, 0.25) is 5.91 Å². The van der Waals surface area contributed by atoms with Gasteiger partial charge in [0.1, 0.15) is 0 Å². The number of nitroso groups, excluding NO2 is 1. The predicted octanol–water partition coefficient (Wildman–Crippen LogP) is 2.88. The first-order chi connectivity index (χ1) is 6.76. The first kappa shape index (κ1) is 13.1. The molecule has 0 bridgehead atoms. The smallest absolute Gasteiger partial charge is 0.245 e. The number of carbonyl (C=O) groups is 1. The van der Waals surface area contributed by atoms with E-state index in [9.17, 15) is 9.70 Å². The molecule has 0 aromatic rings. The fraction of sp³-hybridized carbons (Fsp3) is 0.900. The molecule has 0 spiro atoms. The van der Waals surface area contributed by atoms with Gasteiger partial charge in [-0.3, -0.25) is 4.79 Å². The zero-order valence-electron chi connectivity index (χ0n) is 9.16. The van der Waals surface area contributed by atoms with E-state index >= 15 is 0 Å². The highest BCUT2D eigenvalue weighted by atomic mass is 16.3. The van der Waals surface area contributed by atoms with Crippen molar-refractivity contribution >= 4 is 5.91 Å². The highest BCUT2D eigenvalue weighted by Crippen LogP contribution is 2.06. The van der Waals surface area contributed by atoms with Gasteiger partial charge in [-0.15, -0.1) is 4.91 Å². The normalized spacial score (nSPS) is 9.86. The van der Waals surface area contributed by atoms with Crippen LogP contribution in [-0.4, -0.2) is 17.5 Å². The molecule has 0 aliphatic carbocycles. The van der Waals surface area contributed by atoms with E-state index in [0.717, 1.165) is 17.9 Å². The van der Waals surface area contributed by atoms with Gasteiger partial charge in [0.05, 0.1) is 5.29 Å². The fourth-order valence-electron chi connectivity index (χ4n) is 1.29. The van der Waals surface area contributed by atoms with Crippen molar-refractivity contribution in [3.05, 3.63) is 4.91 Å². The van der Waals surface area contributed by atoms with E-state index in [1.807, 2.05) is 0 Å². The van der Waals surface area contributed by atoms with Crippen LogP contribution in [-0.2, 0) is 4.79 Å². The molecule has 0 atom stereocenters. The molecule has 0 saturated heterocycles. The first-order valence-electron chi connectivity index (χ1n) is 5.39. The quantitative estimate of drug-likeness (QED) is 0.343. The molecule has 0 aromatic carbocycles. The Bertz CT molecular complexity index is 172. The van der Waals surface area contributed by atoms with Gasteiger partial charge >= 0.3 is 0 Å². The number of hydrogen-bond acceptors (Lipinski definition) is 3. The van der Waals surface area contributed by atoms with Gasteiger partial charge in [0.25, 0.3) is 0 Å². The van der Waals surface area contributed by atoms with Crippen LogP contribution in [0, 0.1) is 4.91 Å². The van der Waals surface area contributed by atoms with Crippen LogP contribution < -0.4 is 0 Å². The second-order valence-electron chi connectivity index (χ2n) is 3.36. The second-order valence-corrected chi connectivity index (χ2v) is 3.36. The largest absolute Gasteiger partial charge is 0.273 e. The van der Waals surface area contributed by atoms with E-state index in [1.54, 1.807) is 6.92 Å². The molecule has 14 heavy (non-hydrogen) atoms. The number of hydrogen-bond donors (Lipinski definition) is 0. The third kappa shape index (κ3) is 5.67. The van der Waals surface area contributed by atoms with Crippen LogP contribution in [0.4, 0.5) is 0 Å². The lowest BCUT2D eigenvalue weighted by molar-refractivity contribution is -0.131. The first-order valence-corrected chi connectivity index (χ1v) is 5.39. The van der Waals surface area contributed by atoms with Crippen molar-refractivity contribution in [1.29, 1.82) is 0 Å². The van der Waals surface area contributed by atoms with E-state index in [0.29, 0.717) is 13.0 Å². The van der Waals surface area contributed by atoms with Crippen LogP contribution in [0.1, 0.15) is 52.4 Å². The molecule has 0 aliphatic heterocycles. The third-order valence-electron chi connectivity index (χ3n) is 2.18. The van der Waals surface area contributed by atoms with Crippen LogP contribution >= 0.6 is 0 Å². The summed E-state index contributed by atoms with van der Waals surface area (Å²) in [6, 6.07) is 0. The molecule has 0 unspecified atom stereocenters. The van der Waals surface area contributed by atoms with Gasteiger partial charge in [-0.25, -0.2) is 0 Å². The van der Waals surface area contributed by atoms with Gasteiger partial charge in [0.15, 0.2) is 0 Å². The summed E-state index contributed by atoms with van der Waals surface area (Å²) in [6.45, 7) is 4.27. The van der Waals surface area contributed by atoms with Gasteiger partial charge < -0.3 is 0 Å². The van der Waals surface area contributed by atoms with E-state index in [1.165, 1.54) is 19.3 Å². The van der Waals surface area contributed by atoms with Crippen LogP contribution in [0.2, 0.25) is 0 Å². The Morgan fingerprint density at radius 1 is 1.14 bits per heavy atom. The molecular weight excluding hydrogens is 180 g/mol. The maximum atomic E-state index is 11.3.